The van der Waals surface area contributed by atoms with Crippen molar-refractivity contribution in [3.8, 4) is 0 Å². The second-order valence-electron chi connectivity index (χ2n) is 6.86. The summed E-state index contributed by atoms with van der Waals surface area (Å²) in [7, 11) is 1.83. The second kappa shape index (κ2) is 7.98. The van der Waals surface area contributed by atoms with Crippen LogP contribution in [0.25, 0.3) is 0 Å². The Bertz CT molecular complexity index is 582. The van der Waals surface area contributed by atoms with Crippen LogP contribution in [0.3, 0.4) is 0 Å². The maximum atomic E-state index is 12.0. The van der Waals surface area contributed by atoms with Crippen LogP contribution < -0.4 is 5.32 Å². The van der Waals surface area contributed by atoms with Gasteiger partial charge in [0, 0.05) is 31.9 Å². The monoisotopic (exact) mass is 356 g/mol. The van der Waals surface area contributed by atoms with Gasteiger partial charge in [0.2, 0.25) is 5.91 Å². The molecule has 0 aliphatic heterocycles. The fraction of sp³-hybridized carbons (Fsp3) is 0.688. The Morgan fingerprint density at radius 1 is 1.42 bits per heavy atom. The number of nitrogens with zero attached hydrogens (tertiary/aromatic N) is 3. The Morgan fingerprint density at radius 3 is 2.67 bits per heavy atom. The van der Waals surface area contributed by atoms with Crippen LogP contribution in [0.2, 0.25) is 0 Å². The molecule has 0 spiro atoms. The molecule has 2 aliphatic rings. The molecule has 1 heterocycles. The molecule has 134 valence electrons. The van der Waals surface area contributed by atoms with Crippen LogP contribution in [-0.4, -0.2) is 56.8 Å². The predicted octanol–water partition coefficient (Wildman–Crippen LogP) is 0.828. The minimum Gasteiger partial charge on any atom is -0.480 e. The number of amides is 1. The molecule has 0 atom stereocenters. The number of carbonyl (C=O) groups excluding carboxylic acids is 1. The zero-order valence-corrected chi connectivity index (χ0v) is 14.7. The van der Waals surface area contributed by atoms with E-state index in [2.05, 4.69) is 15.3 Å². The first-order valence-corrected chi connectivity index (χ1v) is 8.22. The molecule has 24 heavy (non-hydrogen) atoms. The molecular weight excluding hydrogens is 332 g/mol. The van der Waals surface area contributed by atoms with Gasteiger partial charge in [-0.25, -0.2) is 0 Å². The summed E-state index contributed by atoms with van der Waals surface area (Å²) in [6, 6.07) is 0.454. The number of hydrogen-bond acceptors (Lipinski definition) is 4. The van der Waals surface area contributed by atoms with E-state index in [4.69, 9.17) is 5.11 Å². The minimum atomic E-state index is -0.769. The number of nitrogens with one attached hydrogen (secondary N) is 1. The smallest absolute Gasteiger partial charge is 0.317 e. The lowest BCUT2D eigenvalue weighted by Gasteiger charge is -2.42. The molecule has 2 fully saturated rings. The largest absolute Gasteiger partial charge is 0.480 e. The van der Waals surface area contributed by atoms with Gasteiger partial charge in [-0.1, -0.05) is 0 Å². The highest BCUT2D eigenvalue weighted by molar-refractivity contribution is 5.85. The van der Waals surface area contributed by atoms with Crippen molar-refractivity contribution >= 4 is 24.3 Å². The lowest BCUT2D eigenvalue weighted by Crippen LogP contribution is -2.55. The van der Waals surface area contributed by atoms with Gasteiger partial charge in [0.25, 0.3) is 0 Å². The quantitative estimate of drug-likeness (QED) is 0.720. The molecule has 1 aromatic heterocycles. The molecule has 3 rings (SSSR count). The van der Waals surface area contributed by atoms with Crippen molar-refractivity contribution in [1.82, 2.24) is 20.0 Å². The van der Waals surface area contributed by atoms with Crippen LogP contribution in [0.4, 0.5) is 0 Å². The second-order valence-corrected chi connectivity index (χ2v) is 6.86. The summed E-state index contributed by atoms with van der Waals surface area (Å²) in [5.41, 5.74) is 0.905. The van der Waals surface area contributed by atoms with Gasteiger partial charge >= 0.3 is 5.97 Å². The van der Waals surface area contributed by atoms with Crippen LogP contribution >= 0.6 is 12.4 Å². The molecule has 0 aromatic carbocycles. The average Bonchev–Trinajstić information content (AvgIpc) is 3.14. The third-order valence-corrected chi connectivity index (χ3v) is 4.65. The van der Waals surface area contributed by atoms with Crippen molar-refractivity contribution < 1.29 is 14.7 Å². The maximum absolute atomic E-state index is 12.0. The van der Waals surface area contributed by atoms with Crippen LogP contribution in [0.15, 0.2) is 12.4 Å². The Balaban J connectivity index is 0.00000208. The van der Waals surface area contributed by atoms with Crippen molar-refractivity contribution in [2.75, 3.05) is 13.1 Å². The zero-order valence-electron chi connectivity index (χ0n) is 13.9. The first kappa shape index (κ1) is 18.7. The van der Waals surface area contributed by atoms with E-state index in [0.29, 0.717) is 12.3 Å². The molecule has 0 unspecified atom stereocenters. The number of aryl methyl sites for hydroxylation is 1. The maximum Gasteiger partial charge on any atom is 0.317 e. The summed E-state index contributed by atoms with van der Waals surface area (Å²) in [5, 5.41) is 16.1. The summed E-state index contributed by atoms with van der Waals surface area (Å²) in [5.74, 6) is -0.0864. The molecule has 0 saturated heterocycles. The van der Waals surface area contributed by atoms with E-state index in [1.807, 2.05) is 13.2 Å². The molecule has 2 N–H and O–H groups in total. The van der Waals surface area contributed by atoms with Gasteiger partial charge in [0.1, 0.15) is 0 Å². The van der Waals surface area contributed by atoms with Gasteiger partial charge in [0.05, 0.1) is 19.2 Å². The van der Waals surface area contributed by atoms with Crippen LogP contribution in [0.5, 0.6) is 0 Å². The SMILES string of the molecule is Cl.Cn1cc(CC(=O)NC2CC(N(CC(=O)O)CC3CC3)C2)cn1. The molecule has 0 radical (unpaired) electrons. The molecule has 0 bridgehead atoms. The number of aromatic nitrogens is 2. The van der Waals surface area contributed by atoms with Gasteiger partial charge in [-0.3, -0.25) is 19.2 Å². The number of carboxylic acid groups (broad SMARTS) is 1. The Hall–Kier alpha value is -1.60. The normalized spacial score (nSPS) is 22.6. The Labute approximate surface area is 147 Å². The molecule has 1 amide bonds. The van der Waals surface area contributed by atoms with Gasteiger partial charge in [-0.15, -0.1) is 12.4 Å². The highest BCUT2D eigenvalue weighted by Crippen LogP contribution is 2.33. The topological polar surface area (TPSA) is 87.5 Å². The van der Waals surface area contributed by atoms with Crippen molar-refractivity contribution in [3.63, 3.8) is 0 Å². The molecular formula is C16H25ClN4O3. The van der Waals surface area contributed by atoms with Gasteiger partial charge in [0.15, 0.2) is 0 Å². The van der Waals surface area contributed by atoms with E-state index in [9.17, 15) is 9.59 Å². The van der Waals surface area contributed by atoms with Gasteiger partial charge in [-0.05, 0) is 37.2 Å². The van der Waals surface area contributed by atoms with Crippen molar-refractivity contribution in [2.24, 2.45) is 13.0 Å². The number of halogens is 1. The molecule has 8 heteroatoms. The highest BCUT2D eigenvalue weighted by Gasteiger charge is 2.37. The fourth-order valence-electron chi connectivity index (χ4n) is 3.18. The van der Waals surface area contributed by atoms with E-state index in [1.165, 1.54) is 12.8 Å². The fourth-order valence-corrected chi connectivity index (χ4v) is 3.18. The van der Waals surface area contributed by atoms with E-state index >= 15 is 0 Å². The molecule has 1 aromatic rings. The number of rotatable bonds is 8. The molecule has 2 saturated carbocycles. The summed E-state index contributed by atoms with van der Waals surface area (Å²) in [6.45, 7) is 0.991. The third-order valence-electron chi connectivity index (χ3n) is 4.65. The Morgan fingerprint density at radius 2 is 2.12 bits per heavy atom. The standard InChI is InChI=1S/C16H24N4O3.ClH/c1-19-8-12(7-17-19)4-15(21)18-13-5-14(6-13)20(10-16(22)23)9-11-2-3-11;/h7-8,11,13-14H,2-6,9-10H2,1H3,(H,18,21)(H,22,23);1H. The minimum absolute atomic E-state index is 0. The van der Waals surface area contributed by atoms with Crippen molar-refractivity contribution in [2.45, 2.75) is 44.2 Å². The van der Waals surface area contributed by atoms with E-state index in [-0.39, 0.29) is 36.9 Å². The lowest BCUT2D eigenvalue weighted by atomic mass is 9.85. The number of carbonyl (C=O) groups is 2. The van der Waals surface area contributed by atoms with Gasteiger partial charge < -0.3 is 10.4 Å². The van der Waals surface area contributed by atoms with Crippen LogP contribution in [-0.2, 0) is 23.1 Å². The predicted molar refractivity (Wildman–Crippen MR) is 91.0 cm³/mol. The van der Waals surface area contributed by atoms with Crippen molar-refractivity contribution in [3.05, 3.63) is 18.0 Å². The number of aliphatic carboxylic acids is 1. The van der Waals surface area contributed by atoms with E-state index in [1.54, 1.807) is 10.9 Å². The first-order chi connectivity index (χ1) is 11.0. The lowest BCUT2D eigenvalue weighted by molar-refractivity contribution is -0.140. The van der Waals surface area contributed by atoms with E-state index in [0.717, 1.165) is 24.9 Å². The Kier molecular flexibility index (Phi) is 6.23. The molecule has 2 aliphatic carbocycles. The summed E-state index contributed by atoms with van der Waals surface area (Å²) in [4.78, 5) is 25.1. The van der Waals surface area contributed by atoms with Crippen LogP contribution in [0.1, 0.15) is 31.2 Å². The van der Waals surface area contributed by atoms with Gasteiger partial charge in [-0.2, -0.15) is 5.10 Å². The van der Waals surface area contributed by atoms with Crippen molar-refractivity contribution in [1.29, 1.82) is 0 Å². The summed E-state index contributed by atoms with van der Waals surface area (Å²) in [6.07, 6.45) is 8.01. The number of carboxylic acids is 1. The summed E-state index contributed by atoms with van der Waals surface area (Å²) < 4.78 is 1.68. The average molecular weight is 357 g/mol. The highest BCUT2D eigenvalue weighted by atomic mass is 35.5. The molecule has 7 nitrogen and oxygen atoms in total. The van der Waals surface area contributed by atoms with Crippen LogP contribution in [0, 0.1) is 5.92 Å². The third kappa shape index (κ3) is 5.21. The summed E-state index contributed by atoms with van der Waals surface area (Å²) >= 11 is 0. The first-order valence-electron chi connectivity index (χ1n) is 8.22. The number of hydrogen-bond donors (Lipinski definition) is 2. The van der Waals surface area contributed by atoms with E-state index < -0.39 is 5.97 Å². The zero-order chi connectivity index (χ0) is 16.4.